The number of nitrogens with zero attached hydrogens (tertiary/aromatic N) is 1. The monoisotopic (exact) mass is 572 g/mol. The maximum Gasteiger partial charge on any atom is 0.213 e. The summed E-state index contributed by atoms with van der Waals surface area (Å²) in [6, 6.07) is 12.8. The first kappa shape index (κ1) is 26.1. The van der Waals surface area contributed by atoms with E-state index in [-0.39, 0.29) is 49.4 Å². The summed E-state index contributed by atoms with van der Waals surface area (Å²) >= 11 is 7.18. The predicted octanol–water partition coefficient (Wildman–Crippen LogP) is 2.73. The highest BCUT2D eigenvalue weighted by atomic mass is 127. The Morgan fingerprint density at radius 2 is 1.93 bits per heavy atom. The lowest BCUT2D eigenvalue weighted by Crippen LogP contribution is -2.41. The Labute approximate surface area is 198 Å². The van der Waals surface area contributed by atoms with Crippen LogP contribution in [0.25, 0.3) is 0 Å². The molecule has 1 unspecified atom stereocenters. The number of hydrogen-bond donors (Lipinski definition) is 4. The quantitative estimate of drug-likeness (QED) is 0.199. The van der Waals surface area contributed by atoms with Crippen LogP contribution in [0, 0.1) is 0 Å². The number of aliphatic imine (C=N–C) groups is 1. The summed E-state index contributed by atoms with van der Waals surface area (Å²) in [6.45, 7) is 3.12. The van der Waals surface area contributed by atoms with Crippen LogP contribution in [0.5, 0.6) is 0 Å². The van der Waals surface area contributed by atoms with Crippen molar-refractivity contribution < 1.29 is 13.5 Å². The zero-order valence-electron chi connectivity index (χ0n) is 16.0. The van der Waals surface area contributed by atoms with E-state index < -0.39 is 16.1 Å². The van der Waals surface area contributed by atoms with E-state index in [2.05, 4.69) is 20.3 Å². The number of sulfonamides is 1. The predicted molar refractivity (Wildman–Crippen MR) is 131 cm³/mol. The highest BCUT2D eigenvalue weighted by molar-refractivity contribution is 14.0. The Hall–Kier alpha value is -0.920. The van der Waals surface area contributed by atoms with E-state index in [1.807, 2.05) is 37.3 Å². The smallest absolute Gasteiger partial charge is 0.213 e. The Bertz CT molecular complexity index is 863. The van der Waals surface area contributed by atoms with Gasteiger partial charge in [0, 0.05) is 24.5 Å². The van der Waals surface area contributed by atoms with Crippen molar-refractivity contribution in [3.63, 3.8) is 0 Å². The molecule has 11 heteroatoms. The van der Waals surface area contributed by atoms with Crippen LogP contribution in [0.2, 0.25) is 4.34 Å². The first-order chi connectivity index (χ1) is 13.4. The maximum absolute atomic E-state index is 12.1. The highest BCUT2D eigenvalue weighted by Gasteiger charge is 2.12. The van der Waals surface area contributed by atoms with Gasteiger partial charge in [-0.3, -0.25) is 4.99 Å². The molecule has 0 bridgehead atoms. The van der Waals surface area contributed by atoms with E-state index in [4.69, 9.17) is 11.6 Å². The van der Waals surface area contributed by atoms with Crippen LogP contribution < -0.4 is 15.4 Å². The van der Waals surface area contributed by atoms with Gasteiger partial charge >= 0.3 is 0 Å². The van der Waals surface area contributed by atoms with Crippen molar-refractivity contribution in [3.8, 4) is 0 Å². The molecule has 0 fully saturated rings. The van der Waals surface area contributed by atoms with Gasteiger partial charge in [-0.1, -0.05) is 41.9 Å². The molecule has 0 saturated heterocycles. The Balaban J connectivity index is 0.00000420. The van der Waals surface area contributed by atoms with Crippen LogP contribution in [0.1, 0.15) is 23.5 Å². The second-order valence-electron chi connectivity index (χ2n) is 5.93. The van der Waals surface area contributed by atoms with Gasteiger partial charge in [-0.2, -0.15) is 0 Å². The van der Waals surface area contributed by atoms with E-state index in [1.165, 1.54) is 11.3 Å². The number of rotatable bonds is 10. The molecule has 0 aliphatic rings. The first-order valence-corrected chi connectivity index (χ1v) is 11.7. The van der Waals surface area contributed by atoms with Crippen LogP contribution in [0.3, 0.4) is 0 Å². The fourth-order valence-corrected chi connectivity index (χ4v) is 4.22. The molecule has 1 heterocycles. The topological polar surface area (TPSA) is 103 Å². The molecule has 162 valence electrons. The summed E-state index contributed by atoms with van der Waals surface area (Å²) in [5.74, 6) is 0.357. The Morgan fingerprint density at radius 1 is 1.21 bits per heavy atom. The lowest BCUT2D eigenvalue weighted by atomic mass is 10.2. The molecule has 4 N–H and O–H groups in total. The molecule has 0 amide bonds. The number of aliphatic hydroxyl groups excluding tert-OH is 1. The van der Waals surface area contributed by atoms with Crippen molar-refractivity contribution in [2.75, 3.05) is 25.4 Å². The fraction of sp³-hybridized carbons (Fsp3) is 0.389. The van der Waals surface area contributed by atoms with Gasteiger partial charge in [0.15, 0.2) is 5.96 Å². The molecule has 1 atom stereocenters. The number of aliphatic hydroxyl groups is 1. The van der Waals surface area contributed by atoms with E-state index in [9.17, 15) is 13.5 Å². The molecule has 0 aliphatic heterocycles. The summed E-state index contributed by atoms with van der Waals surface area (Å²) in [6.07, 6.45) is -0.760. The van der Waals surface area contributed by atoms with Gasteiger partial charge in [0.1, 0.15) is 6.10 Å². The molecule has 0 aliphatic carbocycles. The summed E-state index contributed by atoms with van der Waals surface area (Å²) in [4.78, 5) is 5.04. The van der Waals surface area contributed by atoms with E-state index >= 15 is 0 Å². The lowest BCUT2D eigenvalue weighted by Gasteiger charge is -2.13. The Kier molecular flexibility index (Phi) is 12.1. The van der Waals surface area contributed by atoms with Gasteiger partial charge < -0.3 is 15.7 Å². The molecule has 0 spiro atoms. The maximum atomic E-state index is 12.1. The third-order valence-corrected chi connectivity index (χ3v) is 6.35. The first-order valence-electron chi connectivity index (χ1n) is 8.86. The molecule has 2 aromatic rings. The van der Waals surface area contributed by atoms with Gasteiger partial charge in [-0.15, -0.1) is 35.3 Å². The van der Waals surface area contributed by atoms with Crippen molar-refractivity contribution in [3.05, 3.63) is 57.2 Å². The third-order valence-electron chi connectivity index (χ3n) is 3.69. The molecule has 1 aromatic heterocycles. The van der Waals surface area contributed by atoms with Gasteiger partial charge in [-0.05, 0) is 24.6 Å². The molecule has 0 radical (unpaired) electrons. The number of benzene rings is 1. The van der Waals surface area contributed by atoms with Crippen molar-refractivity contribution in [2.24, 2.45) is 4.99 Å². The van der Waals surface area contributed by atoms with Crippen LogP contribution >= 0.6 is 46.9 Å². The van der Waals surface area contributed by atoms with Crippen LogP contribution in [-0.2, 0) is 16.6 Å². The van der Waals surface area contributed by atoms with Crippen LogP contribution in [0.4, 0.5) is 0 Å². The molecule has 2 rings (SSSR count). The molecule has 0 saturated carbocycles. The van der Waals surface area contributed by atoms with E-state index in [1.54, 1.807) is 12.1 Å². The standard InChI is InChI=1S/C18H25ClN4O3S2.HI/c1-2-20-18(22-13-15(24)16-8-9-17(19)27-16)21-10-11-28(25,26)23-12-14-6-4-3-5-7-14;/h3-9,15,23-24H,2,10-13H2,1H3,(H2,20,21,22);1H. The summed E-state index contributed by atoms with van der Waals surface area (Å²) < 4.78 is 27.5. The fourth-order valence-electron chi connectivity index (χ4n) is 2.28. The molecular weight excluding hydrogens is 547 g/mol. The third kappa shape index (κ3) is 10.1. The normalized spacial score (nSPS) is 12.9. The SMILES string of the molecule is CCNC(=NCC(O)c1ccc(Cl)s1)NCCS(=O)(=O)NCc1ccccc1.I. The summed E-state index contributed by atoms with van der Waals surface area (Å²) in [7, 11) is -3.42. The van der Waals surface area contributed by atoms with Crippen molar-refractivity contribution in [1.29, 1.82) is 0 Å². The van der Waals surface area contributed by atoms with Gasteiger partial charge in [0.2, 0.25) is 10.0 Å². The number of thiophene rings is 1. The second-order valence-corrected chi connectivity index (χ2v) is 9.60. The summed E-state index contributed by atoms with van der Waals surface area (Å²) in [5.41, 5.74) is 0.900. The minimum Gasteiger partial charge on any atom is -0.386 e. The number of hydrogen-bond acceptors (Lipinski definition) is 5. The van der Waals surface area contributed by atoms with Crippen LogP contribution in [0.15, 0.2) is 47.5 Å². The minimum absolute atomic E-state index is 0. The number of guanidine groups is 1. The second kappa shape index (κ2) is 13.4. The van der Waals surface area contributed by atoms with Crippen molar-refractivity contribution in [1.82, 2.24) is 15.4 Å². The van der Waals surface area contributed by atoms with E-state index in [0.29, 0.717) is 16.8 Å². The average Bonchev–Trinajstić information content (AvgIpc) is 3.11. The molecule has 7 nitrogen and oxygen atoms in total. The molecule has 29 heavy (non-hydrogen) atoms. The lowest BCUT2D eigenvalue weighted by molar-refractivity contribution is 0.191. The van der Waals surface area contributed by atoms with Gasteiger partial charge in [0.05, 0.1) is 16.6 Å². The zero-order valence-corrected chi connectivity index (χ0v) is 20.7. The van der Waals surface area contributed by atoms with E-state index in [0.717, 1.165) is 10.4 Å². The zero-order chi connectivity index (χ0) is 20.4. The minimum atomic E-state index is -3.42. The highest BCUT2D eigenvalue weighted by Crippen LogP contribution is 2.26. The Morgan fingerprint density at radius 3 is 2.55 bits per heavy atom. The molecule has 1 aromatic carbocycles. The number of halogens is 2. The van der Waals surface area contributed by atoms with Gasteiger partial charge in [0.25, 0.3) is 0 Å². The average molecular weight is 573 g/mol. The number of nitrogens with one attached hydrogen (secondary N) is 3. The van der Waals surface area contributed by atoms with Crippen molar-refractivity contribution >= 4 is 62.9 Å². The largest absolute Gasteiger partial charge is 0.386 e. The van der Waals surface area contributed by atoms with Crippen LogP contribution in [-0.4, -0.2) is 44.9 Å². The van der Waals surface area contributed by atoms with Crippen molar-refractivity contribution in [2.45, 2.75) is 19.6 Å². The summed E-state index contributed by atoms with van der Waals surface area (Å²) in [5, 5.41) is 16.2. The molecular formula is C18H26ClIN4O3S2. The van der Waals surface area contributed by atoms with Gasteiger partial charge in [-0.25, -0.2) is 13.1 Å².